The standard InChI is InChI=1S/C9H14O/c1-6-4-5-9(10-6)7(2)8(9)3/h7-8H,1,4-5H2,2-3H3. The molecule has 2 rings (SSSR count). The molecule has 0 radical (unpaired) electrons. The molecular formula is C9H14O. The lowest BCUT2D eigenvalue weighted by Crippen LogP contribution is -2.08. The van der Waals surface area contributed by atoms with Crippen molar-refractivity contribution in [2.45, 2.75) is 32.3 Å². The van der Waals surface area contributed by atoms with Crippen molar-refractivity contribution >= 4 is 0 Å². The first kappa shape index (κ1) is 6.26. The third-order valence-corrected chi connectivity index (χ3v) is 3.31. The van der Waals surface area contributed by atoms with E-state index >= 15 is 0 Å². The number of rotatable bonds is 0. The van der Waals surface area contributed by atoms with Crippen LogP contribution in [0.5, 0.6) is 0 Å². The number of hydrogen-bond donors (Lipinski definition) is 0. The first-order valence-corrected chi connectivity index (χ1v) is 4.03. The van der Waals surface area contributed by atoms with Gasteiger partial charge < -0.3 is 4.74 Å². The number of allylic oxidation sites excluding steroid dienone is 1. The van der Waals surface area contributed by atoms with Gasteiger partial charge in [-0.15, -0.1) is 0 Å². The maximum Gasteiger partial charge on any atom is 0.115 e. The Balaban J connectivity index is 2.15. The Kier molecular flexibility index (Phi) is 0.988. The van der Waals surface area contributed by atoms with Crippen LogP contribution in [-0.2, 0) is 4.74 Å². The van der Waals surface area contributed by atoms with Crippen molar-refractivity contribution in [3.8, 4) is 0 Å². The fourth-order valence-corrected chi connectivity index (χ4v) is 2.17. The summed E-state index contributed by atoms with van der Waals surface area (Å²) >= 11 is 0. The van der Waals surface area contributed by atoms with Gasteiger partial charge >= 0.3 is 0 Å². The van der Waals surface area contributed by atoms with E-state index in [0.29, 0.717) is 0 Å². The second-order valence-corrected chi connectivity index (χ2v) is 3.67. The van der Waals surface area contributed by atoms with E-state index in [1.807, 2.05) is 0 Å². The van der Waals surface area contributed by atoms with Gasteiger partial charge in [-0.05, 0) is 6.42 Å². The lowest BCUT2D eigenvalue weighted by atomic mass is 10.1. The van der Waals surface area contributed by atoms with Gasteiger partial charge in [0.05, 0.1) is 5.76 Å². The minimum Gasteiger partial charge on any atom is -0.492 e. The molecule has 1 saturated carbocycles. The van der Waals surface area contributed by atoms with Crippen molar-refractivity contribution in [2.75, 3.05) is 0 Å². The zero-order chi connectivity index (χ0) is 7.35. The summed E-state index contributed by atoms with van der Waals surface area (Å²) in [5.41, 5.74) is 0.233. The van der Waals surface area contributed by atoms with E-state index in [-0.39, 0.29) is 5.60 Å². The van der Waals surface area contributed by atoms with Gasteiger partial charge in [0.2, 0.25) is 0 Å². The van der Waals surface area contributed by atoms with Crippen LogP contribution < -0.4 is 0 Å². The SMILES string of the molecule is C=C1CCC2(O1)C(C)C2C. The third kappa shape index (κ3) is 0.536. The van der Waals surface area contributed by atoms with E-state index in [2.05, 4.69) is 20.4 Å². The maximum atomic E-state index is 5.69. The normalized spacial score (nSPS) is 51.6. The van der Waals surface area contributed by atoms with Crippen LogP contribution in [0.25, 0.3) is 0 Å². The van der Waals surface area contributed by atoms with Crippen LogP contribution in [0, 0.1) is 11.8 Å². The second-order valence-electron chi connectivity index (χ2n) is 3.67. The molecule has 0 aromatic rings. The molecule has 1 nitrogen and oxygen atoms in total. The Morgan fingerprint density at radius 1 is 1.50 bits per heavy atom. The Morgan fingerprint density at radius 3 is 2.30 bits per heavy atom. The highest BCUT2D eigenvalue weighted by molar-refractivity contribution is 5.16. The first-order valence-electron chi connectivity index (χ1n) is 4.03. The molecule has 2 fully saturated rings. The lowest BCUT2D eigenvalue weighted by molar-refractivity contribution is 0.115. The number of ether oxygens (including phenoxy) is 1. The first-order chi connectivity index (χ1) is 4.67. The zero-order valence-corrected chi connectivity index (χ0v) is 6.68. The quantitative estimate of drug-likeness (QED) is 0.499. The van der Waals surface area contributed by atoms with Crippen molar-refractivity contribution in [2.24, 2.45) is 11.8 Å². The summed E-state index contributed by atoms with van der Waals surface area (Å²) < 4.78 is 5.69. The van der Waals surface area contributed by atoms with E-state index in [4.69, 9.17) is 4.74 Å². The molecule has 2 aliphatic rings. The molecule has 0 amide bonds. The van der Waals surface area contributed by atoms with Crippen molar-refractivity contribution in [3.63, 3.8) is 0 Å². The highest BCUT2D eigenvalue weighted by Gasteiger charge is 2.63. The summed E-state index contributed by atoms with van der Waals surface area (Å²) in [7, 11) is 0. The molecule has 1 heterocycles. The largest absolute Gasteiger partial charge is 0.492 e. The van der Waals surface area contributed by atoms with Gasteiger partial charge in [-0.1, -0.05) is 20.4 Å². The van der Waals surface area contributed by atoms with Crippen molar-refractivity contribution < 1.29 is 4.74 Å². The molecular weight excluding hydrogens is 124 g/mol. The zero-order valence-electron chi connectivity index (χ0n) is 6.68. The minimum atomic E-state index is 0.233. The Labute approximate surface area is 62.1 Å². The van der Waals surface area contributed by atoms with Gasteiger partial charge in [-0.3, -0.25) is 0 Å². The van der Waals surface area contributed by atoms with E-state index in [1.165, 1.54) is 6.42 Å². The Morgan fingerprint density at radius 2 is 2.10 bits per heavy atom. The monoisotopic (exact) mass is 138 g/mol. The van der Waals surface area contributed by atoms with E-state index in [9.17, 15) is 0 Å². The van der Waals surface area contributed by atoms with Crippen LogP contribution in [0.15, 0.2) is 12.3 Å². The Bertz CT molecular complexity index is 175. The molecule has 56 valence electrons. The van der Waals surface area contributed by atoms with E-state index in [1.54, 1.807) is 0 Å². The van der Waals surface area contributed by atoms with Crippen LogP contribution in [0.1, 0.15) is 26.7 Å². The van der Waals surface area contributed by atoms with Gasteiger partial charge in [0, 0.05) is 18.3 Å². The van der Waals surface area contributed by atoms with E-state index < -0.39 is 0 Å². The predicted octanol–water partition coefficient (Wildman–Crippen LogP) is 2.34. The molecule has 10 heavy (non-hydrogen) atoms. The second kappa shape index (κ2) is 1.58. The molecule has 1 saturated heterocycles. The molecule has 2 atom stereocenters. The van der Waals surface area contributed by atoms with Crippen LogP contribution in [0.2, 0.25) is 0 Å². The fourth-order valence-electron chi connectivity index (χ4n) is 2.17. The Hall–Kier alpha value is -0.460. The van der Waals surface area contributed by atoms with Crippen LogP contribution in [0.3, 0.4) is 0 Å². The van der Waals surface area contributed by atoms with Gasteiger partial charge in [0.25, 0.3) is 0 Å². The summed E-state index contributed by atoms with van der Waals surface area (Å²) in [4.78, 5) is 0. The minimum absolute atomic E-state index is 0.233. The van der Waals surface area contributed by atoms with Crippen molar-refractivity contribution in [1.82, 2.24) is 0 Å². The third-order valence-electron chi connectivity index (χ3n) is 3.31. The topological polar surface area (TPSA) is 9.23 Å². The molecule has 1 heteroatoms. The molecule has 2 unspecified atom stereocenters. The molecule has 0 aromatic heterocycles. The van der Waals surface area contributed by atoms with Gasteiger partial charge in [0.1, 0.15) is 5.60 Å². The van der Waals surface area contributed by atoms with Crippen LogP contribution in [0.4, 0.5) is 0 Å². The van der Waals surface area contributed by atoms with Crippen molar-refractivity contribution in [3.05, 3.63) is 12.3 Å². The van der Waals surface area contributed by atoms with Gasteiger partial charge in [-0.2, -0.15) is 0 Å². The summed E-state index contributed by atoms with van der Waals surface area (Å²) in [5, 5.41) is 0. The van der Waals surface area contributed by atoms with Crippen LogP contribution >= 0.6 is 0 Å². The van der Waals surface area contributed by atoms with Gasteiger partial charge in [-0.25, -0.2) is 0 Å². The molecule has 0 N–H and O–H groups in total. The maximum absolute atomic E-state index is 5.69. The molecule has 1 spiro atoms. The summed E-state index contributed by atoms with van der Waals surface area (Å²) in [5.74, 6) is 2.51. The molecule has 1 aliphatic carbocycles. The molecule has 0 bridgehead atoms. The average Bonchev–Trinajstić information content (AvgIpc) is 2.37. The van der Waals surface area contributed by atoms with Gasteiger partial charge in [0.15, 0.2) is 0 Å². The van der Waals surface area contributed by atoms with Crippen LogP contribution in [-0.4, -0.2) is 5.60 Å². The highest BCUT2D eigenvalue weighted by Crippen LogP contribution is 2.60. The highest BCUT2D eigenvalue weighted by atomic mass is 16.5. The average molecular weight is 138 g/mol. The fraction of sp³-hybridized carbons (Fsp3) is 0.778. The van der Waals surface area contributed by atoms with E-state index in [0.717, 1.165) is 24.0 Å². The number of hydrogen-bond acceptors (Lipinski definition) is 1. The summed E-state index contributed by atoms with van der Waals surface area (Å²) in [6, 6.07) is 0. The summed E-state index contributed by atoms with van der Waals surface area (Å²) in [6.07, 6.45) is 2.28. The predicted molar refractivity (Wildman–Crippen MR) is 40.5 cm³/mol. The summed E-state index contributed by atoms with van der Waals surface area (Å²) in [6.45, 7) is 8.37. The lowest BCUT2D eigenvalue weighted by Gasteiger charge is -2.08. The molecule has 1 aliphatic heterocycles. The smallest absolute Gasteiger partial charge is 0.115 e. The van der Waals surface area contributed by atoms with Crippen molar-refractivity contribution in [1.29, 1.82) is 0 Å². The molecule has 0 aromatic carbocycles.